The molecule has 2 heterocycles. The van der Waals surface area contributed by atoms with Gasteiger partial charge in [0, 0.05) is 0 Å². The van der Waals surface area contributed by atoms with E-state index < -0.39 is 6.03 Å². The number of nitrogens with zero attached hydrogens (tertiary/aromatic N) is 4. The van der Waals surface area contributed by atoms with E-state index in [9.17, 15) is 4.79 Å². The molecule has 1 aromatic rings. The number of carbonyl (C=O) groups excluding carboxylic acids is 1. The Labute approximate surface area is 55.2 Å². The Morgan fingerprint density at radius 2 is 2.20 bits per heavy atom. The van der Waals surface area contributed by atoms with Crippen LogP contribution in [0.2, 0.25) is 0 Å². The van der Waals surface area contributed by atoms with E-state index in [0.717, 1.165) is 0 Å². The van der Waals surface area contributed by atoms with Crippen molar-refractivity contribution < 1.29 is 4.79 Å². The molecule has 48 valence electrons. The van der Waals surface area contributed by atoms with Gasteiger partial charge >= 0.3 is 6.03 Å². The van der Waals surface area contributed by atoms with E-state index in [4.69, 9.17) is 0 Å². The van der Waals surface area contributed by atoms with Crippen molar-refractivity contribution in [1.82, 2.24) is 10.2 Å². The van der Waals surface area contributed by atoms with Crippen molar-refractivity contribution in [3.8, 4) is 0 Å². The average molecular weight is 134 g/mol. The van der Waals surface area contributed by atoms with Crippen molar-refractivity contribution >= 4 is 6.03 Å². The van der Waals surface area contributed by atoms with Gasteiger partial charge in [0.05, 0.1) is 6.20 Å². The predicted molar refractivity (Wildman–Crippen MR) is 29.7 cm³/mol. The maximum Gasteiger partial charge on any atom is 0.369 e. The standard InChI is InChI=1S/C5H2N4O/c10-5-7-3-1-2-6-9-4(3)8-5/h1-2H. The Bertz CT molecular complexity index is 359. The van der Waals surface area contributed by atoms with Gasteiger partial charge in [-0.1, -0.05) is 0 Å². The van der Waals surface area contributed by atoms with Crippen LogP contribution in [0.5, 0.6) is 0 Å². The van der Waals surface area contributed by atoms with Gasteiger partial charge in [-0.15, -0.1) is 5.10 Å². The first-order valence-electron chi connectivity index (χ1n) is 2.65. The summed E-state index contributed by atoms with van der Waals surface area (Å²) < 4.78 is 0. The molecule has 0 radical (unpaired) electrons. The monoisotopic (exact) mass is 134 g/mol. The molecule has 1 aliphatic heterocycles. The number of urea groups is 1. The van der Waals surface area contributed by atoms with Crippen molar-refractivity contribution in [2.75, 3.05) is 0 Å². The number of fused-ring (bicyclic) bond motifs is 1. The van der Waals surface area contributed by atoms with Gasteiger partial charge in [-0.3, -0.25) is 0 Å². The number of rotatable bonds is 0. The molecule has 2 amide bonds. The van der Waals surface area contributed by atoms with Crippen LogP contribution < -0.4 is 10.8 Å². The topological polar surface area (TPSA) is 67.6 Å². The highest BCUT2D eigenvalue weighted by atomic mass is 16.2. The normalized spacial score (nSPS) is 13.8. The van der Waals surface area contributed by atoms with Crippen LogP contribution in [0.3, 0.4) is 0 Å². The fourth-order valence-electron chi connectivity index (χ4n) is 0.703. The molecular formula is C5H2N4O. The quantitative estimate of drug-likeness (QED) is 0.450. The minimum Gasteiger partial charge on any atom is -0.244 e. The third-order valence-electron chi connectivity index (χ3n) is 1.10. The minimum atomic E-state index is -0.504. The molecule has 0 unspecified atom stereocenters. The van der Waals surface area contributed by atoms with E-state index in [1.54, 1.807) is 6.07 Å². The van der Waals surface area contributed by atoms with Gasteiger partial charge in [0.15, 0.2) is 0 Å². The third-order valence-corrected chi connectivity index (χ3v) is 1.10. The summed E-state index contributed by atoms with van der Waals surface area (Å²) >= 11 is 0. The Balaban J connectivity index is 2.96. The van der Waals surface area contributed by atoms with Crippen LogP contribution in [-0.4, -0.2) is 16.2 Å². The van der Waals surface area contributed by atoms with Crippen LogP contribution in [0.15, 0.2) is 22.2 Å². The number of carbonyl (C=O) groups is 1. The summed E-state index contributed by atoms with van der Waals surface area (Å²) in [4.78, 5) is 17.5. The van der Waals surface area contributed by atoms with Gasteiger partial charge in [-0.2, -0.15) is 15.1 Å². The Morgan fingerprint density at radius 3 is 3.00 bits per heavy atom. The Hall–Kier alpha value is -1.65. The first-order valence-corrected chi connectivity index (χ1v) is 2.65. The summed E-state index contributed by atoms with van der Waals surface area (Å²) in [6.45, 7) is 0. The lowest BCUT2D eigenvalue weighted by Crippen LogP contribution is -2.25. The molecule has 1 aromatic heterocycles. The SMILES string of the molecule is O=C1N=c2ccnnc2=N1. The largest absolute Gasteiger partial charge is 0.369 e. The molecule has 0 saturated heterocycles. The highest BCUT2D eigenvalue weighted by Gasteiger charge is 2.03. The fourth-order valence-corrected chi connectivity index (χ4v) is 0.703. The van der Waals surface area contributed by atoms with E-state index in [-0.39, 0.29) is 0 Å². The number of aromatic nitrogens is 2. The predicted octanol–water partition coefficient (Wildman–Crippen LogP) is -1.15. The summed E-state index contributed by atoms with van der Waals surface area (Å²) in [6, 6.07) is 1.09. The number of hydrogen-bond donors (Lipinski definition) is 0. The third kappa shape index (κ3) is 0.604. The molecule has 5 heteroatoms. The van der Waals surface area contributed by atoms with Crippen molar-refractivity contribution in [1.29, 1.82) is 0 Å². The summed E-state index contributed by atoms with van der Waals surface area (Å²) in [5.41, 5.74) is 0.313. The lowest BCUT2D eigenvalue weighted by atomic mass is 10.5. The molecule has 0 atom stereocenters. The van der Waals surface area contributed by atoms with Crippen LogP contribution >= 0.6 is 0 Å². The second-order valence-electron chi connectivity index (χ2n) is 1.75. The lowest BCUT2D eigenvalue weighted by Gasteiger charge is -1.73. The van der Waals surface area contributed by atoms with E-state index in [0.29, 0.717) is 10.8 Å². The fraction of sp³-hybridized carbons (Fsp3) is 0. The van der Waals surface area contributed by atoms with E-state index in [2.05, 4.69) is 20.2 Å². The molecule has 0 bridgehead atoms. The van der Waals surface area contributed by atoms with Crippen LogP contribution in [0.4, 0.5) is 4.79 Å². The summed E-state index contributed by atoms with van der Waals surface area (Å²) in [5, 5.41) is 7.61. The van der Waals surface area contributed by atoms with Gasteiger partial charge in [0.1, 0.15) is 5.36 Å². The highest BCUT2D eigenvalue weighted by Crippen LogP contribution is 1.79. The Morgan fingerprint density at radius 1 is 1.30 bits per heavy atom. The minimum absolute atomic E-state index is 0.313. The molecule has 0 saturated carbocycles. The van der Waals surface area contributed by atoms with Crippen LogP contribution in [0.25, 0.3) is 0 Å². The molecule has 1 aliphatic rings. The van der Waals surface area contributed by atoms with Crippen LogP contribution in [0.1, 0.15) is 0 Å². The molecule has 0 aromatic carbocycles. The Kier molecular flexibility index (Phi) is 0.858. The van der Waals surface area contributed by atoms with Crippen LogP contribution in [0, 0.1) is 0 Å². The highest BCUT2D eigenvalue weighted by molar-refractivity contribution is 5.77. The number of amides is 2. The van der Waals surface area contributed by atoms with Gasteiger partial charge in [-0.25, -0.2) is 4.79 Å². The van der Waals surface area contributed by atoms with E-state index >= 15 is 0 Å². The summed E-state index contributed by atoms with van der Waals surface area (Å²) in [6.07, 6.45) is 1.47. The van der Waals surface area contributed by atoms with Gasteiger partial charge in [-0.05, 0) is 6.07 Å². The maximum atomic E-state index is 10.5. The average Bonchev–Trinajstić information content (AvgIpc) is 2.27. The second kappa shape index (κ2) is 1.66. The maximum absolute atomic E-state index is 10.5. The van der Waals surface area contributed by atoms with E-state index in [1.165, 1.54) is 6.20 Å². The van der Waals surface area contributed by atoms with Crippen molar-refractivity contribution in [2.24, 2.45) is 9.98 Å². The summed E-state index contributed by atoms with van der Waals surface area (Å²) in [7, 11) is 0. The summed E-state index contributed by atoms with van der Waals surface area (Å²) in [5.74, 6) is 0. The molecule has 0 fully saturated rings. The molecule has 0 spiro atoms. The van der Waals surface area contributed by atoms with Crippen molar-refractivity contribution in [3.05, 3.63) is 23.1 Å². The zero-order chi connectivity index (χ0) is 6.97. The van der Waals surface area contributed by atoms with Gasteiger partial charge in [0.2, 0.25) is 5.49 Å². The molecule has 0 aliphatic carbocycles. The molecule has 10 heavy (non-hydrogen) atoms. The molecule has 5 nitrogen and oxygen atoms in total. The molecule has 0 N–H and O–H groups in total. The first-order chi connectivity index (χ1) is 4.86. The molecular weight excluding hydrogens is 132 g/mol. The lowest BCUT2D eigenvalue weighted by molar-refractivity contribution is 0.256. The van der Waals surface area contributed by atoms with Gasteiger partial charge < -0.3 is 0 Å². The first kappa shape index (κ1) is 5.16. The number of hydrogen-bond acceptors (Lipinski definition) is 3. The van der Waals surface area contributed by atoms with Gasteiger partial charge in [0.25, 0.3) is 0 Å². The second-order valence-corrected chi connectivity index (χ2v) is 1.75. The zero-order valence-electron chi connectivity index (χ0n) is 4.85. The van der Waals surface area contributed by atoms with Crippen molar-refractivity contribution in [3.63, 3.8) is 0 Å². The van der Waals surface area contributed by atoms with Crippen LogP contribution in [-0.2, 0) is 0 Å². The van der Waals surface area contributed by atoms with Crippen molar-refractivity contribution in [2.45, 2.75) is 0 Å². The zero-order valence-corrected chi connectivity index (χ0v) is 4.85. The molecule has 2 rings (SSSR count). The van der Waals surface area contributed by atoms with E-state index in [1.807, 2.05) is 0 Å². The smallest absolute Gasteiger partial charge is 0.244 e.